The topological polar surface area (TPSA) is 128 Å². The molecule has 0 radical (unpaired) electrons. The third-order valence-corrected chi connectivity index (χ3v) is 7.30. The van der Waals surface area contributed by atoms with E-state index in [-0.39, 0.29) is 6.61 Å². The first-order valence-electron chi connectivity index (χ1n) is 14.0. The van der Waals surface area contributed by atoms with Crippen molar-refractivity contribution in [3.8, 4) is 28.8 Å². The first-order valence-corrected chi connectivity index (χ1v) is 14.0. The second-order valence-corrected chi connectivity index (χ2v) is 9.96. The van der Waals surface area contributed by atoms with E-state index < -0.39 is 0 Å². The van der Waals surface area contributed by atoms with Crippen LogP contribution in [0.15, 0.2) is 73.1 Å². The van der Waals surface area contributed by atoms with Crippen LogP contribution in [-0.4, -0.2) is 73.9 Å². The zero-order chi connectivity index (χ0) is 28.9. The highest BCUT2D eigenvalue weighted by Gasteiger charge is 2.26. The summed E-state index contributed by atoms with van der Waals surface area (Å²) in [6.45, 7) is 5.82. The SMILES string of the molecule is CCc1ccc(-c2c(C#N)c(N3CCN(CCO)CC3)nc3nc(Nc4ccc(Oc5ccncc5)cc4)nn23)cc1. The molecule has 1 saturated heterocycles. The van der Waals surface area contributed by atoms with Crippen LogP contribution in [0.3, 0.4) is 0 Å². The third-order valence-electron chi connectivity index (χ3n) is 7.30. The lowest BCUT2D eigenvalue weighted by Crippen LogP contribution is -2.47. The molecule has 5 aromatic rings. The van der Waals surface area contributed by atoms with Gasteiger partial charge in [0.2, 0.25) is 5.95 Å². The predicted octanol–water partition coefficient (Wildman–Crippen LogP) is 4.27. The van der Waals surface area contributed by atoms with E-state index in [9.17, 15) is 10.4 Å². The molecule has 0 unspecified atom stereocenters. The molecule has 1 aliphatic rings. The van der Waals surface area contributed by atoms with Crippen molar-refractivity contribution in [1.29, 1.82) is 5.26 Å². The molecule has 212 valence electrons. The Kier molecular flexibility index (Phi) is 7.89. The van der Waals surface area contributed by atoms with Gasteiger partial charge < -0.3 is 20.1 Å². The second kappa shape index (κ2) is 12.2. The Hall–Kier alpha value is -5.05. The normalized spacial score (nSPS) is 13.7. The van der Waals surface area contributed by atoms with Crippen LogP contribution in [0.1, 0.15) is 18.1 Å². The van der Waals surface area contributed by atoms with E-state index in [1.165, 1.54) is 5.56 Å². The number of piperazine rings is 1. The van der Waals surface area contributed by atoms with E-state index in [0.29, 0.717) is 59.9 Å². The summed E-state index contributed by atoms with van der Waals surface area (Å²) in [5.41, 5.74) is 3.96. The van der Waals surface area contributed by atoms with Gasteiger partial charge in [0.05, 0.1) is 12.3 Å². The van der Waals surface area contributed by atoms with Crippen LogP contribution in [0.25, 0.3) is 17.0 Å². The molecule has 2 N–H and O–H groups in total. The van der Waals surface area contributed by atoms with Gasteiger partial charge >= 0.3 is 0 Å². The van der Waals surface area contributed by atoms with Crippen molar-refractivity contribution in [1.82, 2.24) is 29.5 Å². The molecule has 0 spiro atoms. The predicted molar refractivity (Wildman–Crippen MR) is 160 cm³/mol. The molecular weight excluding hydrogens is 530 g/mol. The van der Waals surface area contributed by atoms with Crippen LogP contribution in [0.5, 0.6) is 11.5 Å². The number of nitrogens with one attached hydrogen (secondary N) is 1. The highest BCUT2D eigenvalue weighted by molar-refractivity contribution is 5.76. The minimum atomic E-state index is 0.127. The number of hydrogen-bond acceptors (Lipinski definition) is 10. The number of fused-ring (bicyclic) bond motifs is 1. The molecule has 1 fully saturated rings. The van der Waals surface area contributed by atoms with Gasteiger partial charge in [0.15, 0.2) is 5.82 Å². The number of ether oxygens (including phenoxy) is 1. The molecule has 11 nitrogen and oxygen atoms in total. The maximum absolute atomic E-state index is 10.4. The average Bonchev–Trinajstić information content (AvgIpc) is 3.44. The number of aromatic nitrogens is 5. The van der Waals surface area contributed by atoms with Gasteiger partial charge in [-0.15, -0.1) is 5.10 Å². The van der Waals surface area contributed by atoms with Crippen molar-refractivity contribution in [3.63, 3.8) is 0 Å². The summed E-state index contributed by atoms with van der Waals surface area (Å²) in [6.07, 6.45) is 4.28. The molecule has 11 heteroatoms. The maximum atomic E-state index is 10.4. The molecule has 0 atom stereocenters. The standard InChI is InChI=1S/C31H31N9O2/c1-2-22-3-5-23(6-4-22)28-27(21-32)29(39-17-15-38(16-18-39)19-20-41)35-31-36-30(37-40(28)31)34-24-7-9-25(10-8-24)42-26-11-13-33-14-12-26/h3-14,41H,2,15-20H2,1H3,(H,34,37). The summed E-state index contributed by atoms with van der Waals surface area (Å²) < 4.78 is 7.51. The van der Waals surface area contributed by atoms with Gasteiger partial charge in [0.25, 0.3) is 5.78 Å². The molecule has 3 aromatic heterocycles. The molecule has 42 heavy (non-hydrogen) atoms. The number of nitriles is 1. The van der Waals surface area contributed by atoms with Crippen LogP contribution in [-0.2, 0) is 6.42 Å². The maximum Gasteiger partial charge on any atom is 0.256 e. The van der Waals surface area contributed by atoms with Crippen LogP contribution in [0.4, 0.5) is 17.5 Å². The Labute approximate surface area is 243 Å². The van der Waals surface area contributed by atoms with Crippen molar-refractivity contribution in [2.75, 3.05) is 49.5 Å². The Balaban J connectivity index is 1.35. The Morgan fingerprint density at radius 3 is 2.31 bits per heavy atom. The number of benzene rings is 2. The van der Waals surface area contributed by atoms with Gasteiger partial charge in [-0.2, -0.15) is 19.7 Å². The molecule has 2 aromatic carbocycles. The van der Waals surface area contributed by atoms with Gasteiger partial charge in [-0.25, -0.2) is 0 Å². The monoisotopic (exact) mass is 561 g/mol. The number of β-amino-alcohol motifs (C(OH)–C–C–N with tert-alkyl or cyclic N) is 1. The van der Waals surface area contributed by atoms with E-state index in [4.69, 9.17) is 19.8 Å². The van der Waals surface area contributed by atoms with Gasteiger partial charge in [-0.1, -0.05) is 31.2 Å². The Morgan fingerprint density at radius 2 is 1.64 bits per heavy atom. The van der Waals surface area contributed by atoms with E-state index in [1.807, 2.05) is 36.4 Å². The molecule has 0 amide bonds. The number of aryl methyl sites for hydroxylation is 1. The molecule has 0 saturated carbocycles. The van der Waals surface area contributed by atoms with Crippen molar-refractivity contribution < 1.29 is 9.84 Å². The Morgan fingerprint density at radius 1 is 0.929 bits per heavy atom. The number of nitrogens with zero attached hydrogens (tertiary/aromatic N) is 8. The highest BCUT2D eigenvalue weighted by atomic mass is 16.5. The van der Waals surface area contributed by atoms with Crippen molar-refractivity contribution in [3.05, 3.63) is 84.2 Å². The molecular formula is C31H31N9O2. The fourth-order valence-electron chi connectivity index (χ4n) is 5.04. The number of hydrogen-bond donors (Lipinski definition) is 2. The highest BCUT2D eigenvalue weighted by Crippen LogP contribution is 2.32. The molecule has 6 rings (SSSR count). The zero-order valence-electron chi connectivity index (χ0n) is 23.3. The summed E-state index contributed by atoms with van der Waals surface area (Å²) in [6, 6.07) is 21.7. The van der Waals surface area contributed by atoms with Crippen molar-refractivity contribution >= 4 is 23.2 Å². The largest absolute Gasteiger partial charge is 0.457 e. The lowest BCUT2D eigenvalue weighted by atomic mass is 10.0. The van der Waals surface area contributed by atoms with Crippen molar-refractivity contribution in [2.24, 2.45) is 0 Å². The van der Waals surface area contributed by atoms with Gasteiger partial charge in [0.1, 0.15) is 23.1 Å². The number of anilines is 3. The van der Waals surface area contributed by atoms with Crippen LogP contribution in [0.2, 0.25) is 0 Å². The summed E-state index contributed by atoms with van der Waals surface area (Å²) in [5.74, 6) is 2.76. The number of aliphatic hydroxyl groups excluding tert-OH is 1. The molecule has 4 heterocycles. The minimum Gasteiger partial charge on any atom is -0.457 e. The second-order valence-electron chi connectivity index (χ2n) is 9.96. The smallest absolute Gasteiger partial charge is 0.256 e. The van der Waals surface area contributed by atoms with Gasteiger partial charge in [-0.05, 0) is 48.4 Å². The Bertz CT molecular complexity index is 1690. The summed E-state index contributed by atoms with van der Waals surface area (Å²) in [7, 11) is 0. The van der Waals surface area contributed by atoms with Gasteiger partial charge in [-0.3, -0.25) is 9.88 Å². The number of aliphatic hydroxyl groups is 1. The number of rotatable bonds is 9. The number of pyridine rings is 1. The lowest BCUT2D eigenvalue weighted by Gasteiger charge is -2.35. The van der Waals surface area contributed by atoms with Gasteiger partial charge in [0, 0.05) is 56.4 Å². The molecule has 0 aliphatic carbocycles. The third kappa shape index (κ3) is 5.72. The van der Waals surface area contributed by atoms with E-state index >= 15 is 0 Å². The first-order chi connectivity index (χ1) is 20.6. The van der Waals surface area contributed by atoms with E-state index in [2.05, 4.69) is 45.2 Å². The molecule has 0 bridgehead atoms. The minimum absolute atomic E-state index is 0.127. The first kappa shape index (κ1) is 27.1. The van der Waals surface area contributed by atoms with E-state index in [0.717, 1.165) is 30.8 Å². The summed E-state index contributed by atoms with van der Waals surface area (Å²) >= 11 is 0. The average molecular weight is 562 g/mol. The summed E-state index contributed by atoms with van der Waals surface area (Å²) in [4.78, 5) is 17.9. The lowest BCUT2D eigenvalue weighted by molar-refractivity contribution is 0.188. The quantitative estimate of drug-likeness (QED) is 0.269. The van der Waals surface area contributed by atoms with Crippen LogP contribution < -0.4 is 15.0 Å². The summed E-state index contributed by atoms with van der Waals surface area (Å²) in [5, 5.41) is 27.7. The van der Waals surface area contributed by atoms with Crippen LogP contribution in [0, 0.1) is 11.3 Å². The zero-order valence-corrected chi connectivity index (χ0v) is 23.3. The van der Waals surface area contributed by atoms with Crippen molar-refractivity contribution in [2.45, 2.75) is 13.3 Å². The van der Waals surface area contributed by atoms with E-state index in [1.54, 1.807) is 29.0 Å². The molecule has 1 aliphatic heterocycles. The van der Waals surface area contributed by atoms with Crippen LogP contribution >= 0.6 is 0 Å². The fourth-order valence-corrected chi connectivity index (χ4v) is 5.04. The fraction of sp³-hybridized carbons (Fsp3) is 0.258.